The van der Waals surface area contributed by atoms with Crippen molar-refractivity contribution in [2.45, 2.75) is 33.2 Å². The molecule has 0 unspecified atom stereocenters. The molecule has 0 aliphatic carbocycles. The number of aryl methyl sites for hydroxylation is 1. The number of anilines is 1. The zero-order valence-electron chi connectivity index (χ0n) is 13.1. The average molecular weight is 333 g/mol. The van der Waals surface area contributed by atoms with Gasteiger partial charge >= 0.3 is 0 Å². The maximum Gasteiger partial charge on any atom is 0.171 e. The maximum atomic E-state index is 6.14. The van der Waals surface area contributed by atoms with E-state index in [4.69, 9.17) is 23.8 Å². The number of hydrogen-bond donors (Lipinski definition) is 2. The summed E-state index contributed by atoms with van der Waals surface area (Å²) in [4.78, 5) is 0. The van der Waals surface area contributed by atoms with E-state index in [1.165, 1.54) is 11.1 Å². The van der Waals surface area contributed by atoms with Crippen LogP contribution in [0.3, 0.4) is 0 Å². The second kappa shape index (κ2) is 7.61. The fourth-order valence-corrected chi connectivity index (χ4v) is 2.71. The highest BCUT2D eigenvalue weighted by molar-refractivity contribution is 7.80. The first kappa shape index (κ1) is 16.8. The van der Waals surface area contributed by atoms with Gasteiger partial charge in [0.1, 0.15) is 0 Å². The molecule has 0 aliphatic heterocycles. The van der Waals surface area contributed by atoms with Gasteiger partial charge < -0.3 is 10.6 Å². The molecule has 0 spiro atoms. The van der Waals surface area contributed by atoms with Crippen molar-refractivity contribution in [3.63, 3.8) is 0 Å². The molecule has 0 aliphatic rings. The minimum Gasteiger partial charge on any atom is -0.356 e. The van der Waals surface area contributed by atoms with Crippen LogP contribution in [0.5, 0.6) is 0 Å². The molecule has 0 bridgehead atoms. The summed E-state index contributed by atoms with van der Waals surface area (Å²) >= 11 is 11.6. The van der Waals surface area contributed by atoms with Crippen molar-refractivity contribution in [2.24, 2.45) is 0 Å². The Morgan fingerprint density at radius 2 is 1.82 bits per heavy atom. The Balaban J connectivity index is 2.06. The van der Waals surface area contributed by atoms with Gasteiger partial charge in [0.15, 0.2) is 5.11 Å². The molecule has 0 radical (unpaired) electrons. The molecule has 4 heteroatoms. The van der Waals surface area contributed by atoms with Gasteiger partial charge in [-0.2, -0.15) is 0 Å². The summed E-state index contributed by atoms with van der Waals surface area (Å²) in [6, 6.07) is 14.5. The molecule has 2 nitrogen and oxygen atoms in total. The molecular weight excluding hydrogens is 312 g/mol. The highest BCUT2D eigenvalue weighted by Crippen LogP contribution is 2.23. The number of rotatable bonds is 4. The van der Waals surface area contributed by atoms with Gasteiger partial charge in [-0.3, -0.25) is 0 Å². The highest BCUT2D eigenvalue weighted by Gasteiger charge is 2.11. The molecular formula is C18H21ClN2S. The zero-order valence-corrected chi connectivity index (χ0v) is 14.7. The predicted molar refractivity (Wildman–Crippen MR) is 99.8 cm³/mol. The van der Waals surface area contributed by atoms with E-state index in [-0.39, 0.29) is 6.04 Å². The van der Waals surface area contributed by atoms with Crippen LogP contribution < -0.4 is 10.6 Å². The summed E-state index contributed by atoms with van der Waals surface area (Å²) in [5, 5.41) is 7.95. The third-order valence-corrected chi connectivity index (χ3v) is 4.34. The van der Waals surface area contributed by atoms with Crippen LogP contribution >= 0.6 is 23.8 Å². The molecule has 0 aromatic heterocycles. The van der Waals surface area contributed by atoms with Crippen LogP contribution in [0.2, 0.25) is 5.02 Å². The predicted octanol–water partition coefficient (Wildman–Crippen LogP) is 5.39. The van der Waals surface area contributed by atoms with E-state index < -0.39 is 0 Å². The van der Waals surface area contributed by atoms with Crippen molar-refractivity contribution in [1.29, 1.82) is 0 Å². The van der Waals surface area contributed by atoms with E-state index in [0.29, 0.717) is 5.11 Å². The Hall–Kier alpha value is -1.58. The van der Waals surface area contributed by atoms with Gasteiger partial charge in [-0.05, 0) is 55.7 Å². The molecule has 0 saturated carbocycles. The van der Waals surface area contributed by atoms with E-state index in [1.54, 1.807) is 0 Å². The smallest absolute Gasteiger partial charge is 0.171 e. The van der Waals surface area contributed by atoms with E-state index in [1.807, 2.05) is 25.1 Å². The first-order valence-electron chi connectivity index (χ1n) is 7.40. The first-order valence-corrected chi connectivity index (χ1v) is 8.19. The molecule has 2 aromatic rings. The van der Waals surface area contributed by atoms with Gasteiger partial charge in [0, 0.05) is 10.7 Å². The van der Waals surface area contributed by atoms with E-state index in [9.17, 15) is 0 Å². The topological polar surface area (TPSA) is 24.1 Å². The monoisotopic (exact) mass is 332 g/mol. The van der Waals surface area contributed by atoms with Crippen molar-refractivity contribution in [1.82, 2.24) is 5.32 Å². The summed E-state index contributed by atoms with van der Waals surface area (Å²) in [7, 11) is 0. The quantitative estimate of drug-likeness (QED) is 0.733. The molecule has 0 amide bonds. The minimum atomic E-state index is 0.195. The Morgan fingerprint density at radius 3 is 2.45 bits per heavy atom. The van der Waals surface area contributed by atoms with Crippen molar-refractivity contribution >= 4 is 34.6 Å². The van der Waals surface area contributed by atoms with Crippen molar-refractivity contribution in [3.05, 3.63) is 64.2 Å². The molecule has 0 heterocycles. The van der Waals surface area contributed by atoms with Crippen molar-refractivity contribution in [2.75, 3.05) is 5.32 Å². The lowest BCUT2D eigenvalue weighted by Gasteiger charge is -2.21. The van der Waals surface area contributed by atoms with Gasteiger partial charge in [-0.1, -0.05) is 54.4 Å². The summed E-state index contributed by atoms with van der Waals surface area (Å²) in [6.45, 7) is 6.21. The molecule has 2 rings (SSSR count). The average Bonchev–Trinajstić information content (AvgIpc) is 2.50. The fraction of sp³-hybridized carbons (Fsp3) is 0.278. The number of nitrogens with one attached hydrogen (secondary N) is 2. The first-order chi connectivity index (χ1) is 10.5. The molecule has 22 heavy (non-hydrogen) atoms. The molecule has 2 N–H and O–H groups in total. The Morgan fingerprint density at radius 1 is 1.14 bits per heavy atom. The third-order valence-electron chi connectivity index (χ3n) is 3.71. The fourth-order valence-electron chi connectivity index (χ4n) is 2.28. The second-order valence-corrected chi connectivity index (χ2v) is 6.20. The van der Waals surface area contributed by atoms with E-state index in [2.05, 4.69) is 48.7 Å². The van der Waals surface area contributed by atoms with Crippen LogP contribution in [-0.4, -0.2) is 5.11 Å². The van der Waals surface area contributed by atoms with Gasteiger partial charge in [0.2, 0.25) is 0 Å². The molecule has 0 saturated heterocycles. The number of hydrogen-bond acceptors (Lipinski definition) is 1. The summed E-state index contributed by atoms with van der Waals surface area (Å²) in [5.41, 5.74) is 4.43. The van der Waals surface area contributed by atoms with Crippen LogP contribution in [0, 0.1) is 13.8 Å². The Labute approximate surface area is 142 Å². The zero-order chi connectivity index (χ0) is 16.1. The van der Waals surface area contributed by atoms with Gasteiger partial charge in [0.05, 0.1) is 6.04 Å². The number of benzene rings is 2. The van der Waals surface area contributed by atoms with Gasteiger partial charge in [0.25, 0.3) is 0 Å². The lowest BCUT2D eigenvalue weighted by molar-refractivity contribution is 0.629. The summed E-state index contributed by atoms with van der Waals surface area (Å²) in [6.07, 6.45) is 0.958. The lowest BCUT2D eigenvalue weighted by atomic mass is 10.0. The van der Waals surface area contributed by atoms with Gasteiger partial charge in [-0.25, -0.2) is 0 Å². The number of thiocarbonyl (C=S) groups is 1. The van der Waals surface area contributed by atoms with Crippen LogP contribution in [0.15, 0.2) is 42.5 Å². The Kier molecular flexibility index (Phi) is 5.81. The standard InChI is InChI=1S/C18H21ClN2S/c1-4-16(14-10-8-12(2)9-11-14)20-18(22)21-17-7-5-6-15(19)13(17)3/h5-11,16H,4H2,1-3H3,(H2,20,21,22)/t16-/m0/s1. The van der Waals surface area contributed by atoms with Gasteiger partial charge in [-0.15, -0.1) is 0 Å². The van der Waals surface area contributed by atoms with E-state index in [0.717, 1.165) is 22.7 Å². The summed E-state index contributed by atoms with van der Waals surface area (Å²) < 4.78 is 0. The lowest BCUT2D eigenvalue weighted by Crippen LogP contribution is -2.32. The Bertz CT molecular complexity index is 653. The second-order valence-electron chi connectivity index (χ2n) is 5.38. The highest BCUT2D eigenvalue weighted by atomic mass is 35.5. The van der Waals surface area contributed by atoms with Crippen LogP contribution in [-0.2, 0) is 0 Å². The minimum absolute atomic E-state index is 0.195. The largest absolute Gasteiger partial charge is 0.356 e. The van der Waals surface area contributed by atoms with Crippen LogP contribution in [0.4, 0.5) is 5.69 Å². The van der Waals surface area contributed by atoms with Crippen LogP contribution in [0.1, 0.15) is 36.1 Å². The van der Waals surface area contributed by atoms with E-state index >= 15 is 0 Å². The maximum absolute atomic E-state index is 6.14. The van der Waals surface area contributed by atoms with Crippen LogP contribution in [0.25, 0.3) is 0 Å². The summed E-state index contributed by atoms with van der Waals surface area (Å²) in [5.74, 6) is 0. The van der Waals surface area contributed by atoms with Crippen molar-refractivity contribution in [3.8, 4) is 0 Å². The normalized spacial score (nSPS) is 11.8. The molecule has 0 fully saturated rings. The third kappa shape index (κ3) is 4.21. The molecule has 2 aromatic carbocycles. The molecule has 116 valence electrons. The number of halogens is 1. The SMILES string of the molecule is CC[C@H](NC(=S)Nc1cccc(Cl)c1C)c1ccc(C)cc1. The van der Waals surface area contributed by atoms with Crippen molar-refractivity contribution < 1.29 is 0 Å². The molecule has 1 atom stereocenters.